The van der Waals surface area contributed by atoms with Gasteiger partial charge in [-0.15, -0.1) is 0 Å². The number of hydrogen-bond acceptors (Lipinski definition) is 4. The lowest BCUT2D eigenvalue weighted by Gasteiger charge is -2.03. The summed E-state index contributed by atoms with van der Waals surface area (Å²) in [5.41, 5.74) is 1.32. The van der Waals surface area contributed by atoms with E-state index in [-0.39, 0.29) is 0 Å². The van der Waals surface area contributed by atoms with Crippen molar-refractivity contribution in [3.05, 3.63) is 30.1 Å². The van der Waals surface area contributed by atoms with Gasteiger partial charge in [-0.1, -0.05) is 0 Å². The summed E-state index contributed by atoms with van der Waals surface area (Å²) in [4.78, 5) is 3.97. The van der Waals surface area contributed by atoms with Crippen LogP contribution in [0.3, 0.4) is 0 Å². The third-order valence-electron chi connectivity index (χ3n) is 1.93. The molecule has 0 aliphatic heterocycles. The minimum atomic E-state index is 0.700. The molecule has 0 radical (unpaired) electrons. The highest BCUT2D eigenvalue weighted by Crippen LogP contribution is 1.95. The lowest BCUT2D eigenvalue weighted by atomic mass is 10.2. The van der Waals surface area contributed by atoms with Crippen LogP contribution in [0.1, 0.15) is 12.0 Å². The predicted molar refractivity (Wildman–Crippen MR) is 60.4 cm³/mol. The predicted octanol–water partition coefficient (Wildman–Crippen LogP) is 1.47. The van der Waals surface area contributed by atoms with Crippen LogP contribution >= 0.6 is 12.9 Å². The summed E-state index contributed by atoms with van der Waals surface area (Å²) in [5, 5.41) is 3.33. The summed E-state index contributed by atoms with van der Waals surface area (Å²) in [6.45, 7) is 2.67. The van der Waals surface area contributed by atoms with E-state index in [0.717, 1.165) is 25.9 Å². The van der Waals surface area contributed by atoms with Crippen molar-refractivity contribution in [3.63, 3.8) is 0 Å². The molecule has 4 heteroatoms. The lowest BCUT2D eigenvalue weighted by Crippen LogP contribution is -2.19. The molecule has 0 unspecified atom stereocenters. The van der Waals surface area contributed by atoms with Crippen molar-refractivity contribution >= 4 is 12.9 Å². The number of nitrogens with one attached hydrogen (secondary N) is 1. The highest BCUT2D eigenvalue weighted by Gasteiger charge is 1.91. The van der Waals surface area contributed by atoms with Crippen LogP contribution in [0.4, 0.5) is 0 Å². The summed E-state index contributed by atoms with van der Waals surface area (Å²) < 4.78 is 4.65. The van der Waals surface area contributed by atoms with Crippen LogP contribution in [0.15, 0.2) is 24.5 Å². The maximum atomic E-state index is 4.65. The summed E-state index contributed by atoms with van der Waals surface area (Å²) in [5.74, 6) is 0. The summed E-state index contributed by atoms with van der Waals surface area (Å²) >= 11 is 3.67. The standard InChI is InChI=1S/C10H16N2OS/c14-13-9-1-5-11-6-2-10-3-7-12-8-4-10/h3-4,7-8,11,14H,1-2,5-6,9H2. The fourth-order valence-electron chi connectivity index (χ4n) is 1.17. The first-order chi connectivity index (χ1) is 6.93. The van der Waals surface area contributed by atoms with E-state index in [1.807, 2.05) is 24.5 Å². The minimum absolute atomic E-state index is 0.700. The van der Waals surface area contributed by atoms with E-state index >= 15 is 0 Å². The number of rotatable bonds is 7. The monoisotopic (exact) mass is 212 g/mol. The van der Waals surface area contributed by atoms with Gasteiger partial charge in [-0.2, -0.15) is 0 Å². The smallest absolute Gasteiger partial charge is 0.0622 e. The fraction of sp³-hybridized carbons (Fsp3) is 0.500. The second-order valence-electron chi connectivity index (χ2n) is 3.04. The first-order valence-corrected chi connectivity index (χ1v) is 5.16. The maximum absolute atomic E-state index is 4.65. The third-order valence-corrected chi connectivity index (χ3v) is 2.11. The Morgan fingerprint density at radius 1 is 1.29 bits per heavy atom. The molecule has 0 spiro atoms. The Labute approximate surface area is 90.5 Å². The van der Waals surface area contributed by atoms with E-state index in [1.54, 1.807) is 0 Å². The van der Waals surface area contributed by atoms with Crippen LogP contribution in [0.5, 0.6) is 0 Å². The second-order valence-corrected chi connectivity index (χ2v) is 3.30. The van der Waals surface area contributed by atoms with Crippen LogP contribution in [0.2, 0.25) is 0 Å². The van der Waals surface area contributed by atoms with Crippen LogP contribution < -0.4 is 5.32 Å². The van der Waals surface area contributed by atoms with Gasteiger partial charge in [0.1, 0.15) is 0 Å². The van der Waals surface area contributed by atoms with E-state index in [1.165, 1.54) is 5.56 Å². The second kappa shape index (κ2) is 7.79. The van der Waals surface area contributed by atoms with E-state index in [4.69, 9.17) is 0 Å². The molecular weight excluding hydrogens is 196 g/mol. The Balaban J connectivity index is 1.99. The molecule has 0 saturated heterocycles. The first-order valence-electron chi connectivity index (χ1n) is 4.79. The summed E-state index contributed by atoms with van der Waals surface area (Å²) in [6, 6.07) is 4.08. The molecule has 0 saturated carbocycles. The van der Waals surface area contributed by atoms with Crippen molar-refractivity contribution in [2.75, 3.05) is 19.7 Å². The molecule has 1 N–H and O–H groups in total. The lowest BCUT2D eigenvalue weighted by molar-refractivity contribution is 0.367. The molecule has 0 bridgehead atoms. The van der Waals surface area contributed by atoms with Crippen LogP contribution in [0.25, 0.3) is 0 Å². The largest absolute Gasteiger partial charge is 0.318 e. The van der Waals surface area contributed by atoms with Crippen molar-refractivity contribution in [1.29, 1.82) is 0 Å². The first kappa shape index (κ1) is 11.5. The molecule has 0 amide bonds. The van der Waals surface area contributed by atoms with Crippen molar-refractivity contribution in [1.82, 2.24) is 10.3 Å². The van der Waals surface area contributed by atoms with Gasteiger partial charge in [0.05, 0.1) is 6.61 Å². The van der Waals surface area contributed by atoms with E-state index in [2.05, 4.69) is 27.4 Å². The topological polar surface area (TPSA) is 34.1 Å². The van der Waals surface area contributed by atoms with E-state index < -0.39 is 0 Å². The molecule has 0 aromatic carbocycles. The zero-order chi connectivity index (χ0) is 10.1. The Morgan fingerprint density at radius 2 is 2.07 bits per heavy atom. The summed E-state index contributed by atoms with van der Waals surface area (Å²) in [7, 11) is 0. The SMILES string of the molecule is SOCCCNCCc1ccncc1. The van der Waals surface area contributed by atoms with Gasteiger partial charge >= 0.3 is 0 Å². The minimum Gasteiger partial charge on any atom is -0.318 e. The van der Waals surface area contributed by atoms with Crippen molar-refractivity contribution in [2.24, 2.45) is 0 Å². The zero-order valence-corrected chi connectivity index (χ0v) is 9.04. The van der Waals surface area contributed by atoms with E-state index in [9.17, 15) is 0 Å². The fourth-order valence-corrected chi connectivity index (χ4v) is 1.30. The molecule has 1 aromatic rings. The Kier molecular flexibility index (Phi) is 6.40. The molecule has 1 aromatic heterocycles. The van der Waals surface area contributed by atoms with Crippen LogP contribution in [0, 0.1) is 0 Å². The normalized spacial score (nSPS) is 10.4. The zero-order valence-electron chi connectivity index (χ0n) is 8.15. The molecule has 0 fully saturated rings. The number of pyridine rings is 1. The van der Waals surface area contributed by atoms with Gasteiger partial charge in [-0.25, -0.2) is 0 Å². The maximum Gasteiger partial charge on any atom is 0.0622 e. The molecule has 0 atom stereocenters. The molecule has 0 aliphatic rings. The van der Waals surface area contributed by atoms with E-state index in [0.29, 0.717) is 6.61 Å². The molecule has 0 aliphatic carbocycles. The highest BCUT2D eigenvalue weighted by atomic mass is 32.1. The van der Waals surface area contributed by atoms with Gasteiger partial charge < -0.3 is 9.50 Å². The van der Waals surface area contributed by atoms with Gasteiger partial charge in [-0.3, -0.25) is 4.98 Å². The quantitative estimate of drug-likeness (QED) is 0.408. The Bertz CT molecular complexity index is 231. The third kappa shape index (κ3) is 5.21. The number of aromatic nitrogens is 1. The molecular formula is C10H16N2OS. The number of hydrogen-bond donors (Lipinski definition) is 2. The van der Waals surface area contributed by atoms with Gasteiger partial charge in [0.15, 0.2) is 0 Å². The summed E-state index contributed by atoms with van der Waals surface area (Å²) in [6.07, 6.45) is 5.69. The van der Waals surface area contributed by atoms with Crippen LogP contribution in [-0.4, -0.2) is 24.7 Å². The van der Waals surface area contributed by atoms with Gasteiger partial charge in [0, 0.05) is 12.4 Å². The molecule has 1 rings (SSSR count). The Morgan fingerprint density at radius 3 is 2.79 bits per heavy atom. The molecule has 1 heterocycles. The van der Waals surface area contributed by atoms with Crippen molar-refractivity contribution in [2.45, 2.75) is 12.8 Å². The van der Waals surface area contributed by atoms with Gasteiger partial charge in [0.2, 0.25) is 0 Å². The number of thiol groups is 1. The molecule has 78 valence electrons. The highest BCUT2D eigenvalue weighted by molar-refractivity contribution is 7.75. The molecule has 3 nitrogen and oxygen atoms in total. The van der Waals surface area contributed by atoms with Crippen LogP contribution in [-0.2, 0) is 10.6 Å². The van der Waals surface area contributed by atoms with Gasteiger partial charge in [-0.05, 0) is 56.5 Å². The van der Waals surface area contributed by atoms with Crippen molar-refractivity contribution in [3.8, 4) is 0 Å². The molecule has 14 heavy (non-hydrogen) atoms. The Hall–Kier alpha value is -0.580. The average Bonchev–Trinajstić information content (AvgIpc) is 2.25. The van der Waals surface area contributed by atoms with Gasteiger partial charge in [0.25, 0.3) is 0 Å². The van der Waals surface area contributed by atoms with Crippen molar-refractivity contribution < 1.29 is 4.18 Å². The average molecular weight is 212 g/mol. The number of nitrogens with zero attached hydrogens (tertiary/aromatic N) is 1.